The van der Waals surface area contributed by atoms with Gasteiger partial charge in [-0.05, 0) is 12.8 Å². The van der Waals surface area contributed by atoms with E-state index in [9.17, 15) is 14.9 Å². The van der Waals surface area contributed by atoms with E-state index in [1.54, 1.807) is 0 Å². The predicted octanol–water partition coefficient (Wildman–Crippen LogP) is 5.31. The van der Waals surface area contributed by atoms with Crippen molar-refractivity contribution in [2.24, 2.45) is 0 Å². The number of rotatable bonds is 15. The Balaban J connectivity index is 3.78. The molecule has 0 aromatic carbocycles. The van der Waals surface area contributed by atoms with Crippen LogP contribution in [0.4, 0.5) is 0 Å². The van der Waals surface area contributed by atoms with Gasteiger partial charge in [0.05, 0.1) is 0 Å². The normalized spacial score (nSPS) is 12.3. The molecule has 0 heterocycles. The van der Waals surface area contributed by atoms with E-state index in [0.717, 1.165) is 44.9 Å². The van der Waals surface area contributed by atoms with Crippen molar-refractivity contribution in [2.75, 3.05) is 0 Å². The summed E-state index contributed by atoms with van der Waals surface area (Å²) in [6.07, 6.45) is 12.8. The quantitative estimate of drug-likeness (QED) is 0.234. The highest BCUT2D eigenvalue weighted by atomic mass is 16.6. The molecule has 0 aliphatic rings. The van der Waals surface area contributed by atoms with Crippen LogP contribution in [0.15, 0.2) is 0 Å². The number of carbonyl (C=O) groups is 1. The average Bonchev–Trinajstić information content (AvgIpc) is 2.45. The van der Waals surface area contributed by atoms with Gasteiger partial charge in [0, 0.05) is 17.8 Å². The molecule has 0 aromatic heterocycles. The molecule has 4 nitrogen and oxygen atoms in total. The number of ketones is 1. The minimum absolute atomic E-state index is 0.162. The van der Waals surface area contributed by atoms with Crippen LogP contribution in [0.1, 0.15) is 97.3 Å². The zero-order valence-electron chi connectivity index (χ0n) is 13.9. The molecule has 0 aliphatic carbocycles. The minimum atomic E-state index is -0.957. The SMILES string of the molecule is CCCCCCCCCC(=O)C(CCCCCC)[N+](=O)[O-]. The van der Waals surface area contributed by atoms with Gasteiger partial charge in [0.25, 0.3) is 6.04 Å². The number of carbonyl (C=O) groups excluding carboxylic acids is 1. The minimum Gasteiger partial charge on any atom is -0.292 e. The summed E-state index contributed by atoms with van der Waals surface area (Å²) in [4.78, 5) is 22.6. The van der Waals surface area contributed by atoms with E-state index < -0.39 is 6.04 Å². The van der Waals surface area contributed by atoms with E-state index in [1.807, 2.05) is 0 Å². The maximum Gasteiger partial charge on any atom is 0.270 e. The molecule has 0 fully saturated rings. The topological polar surface area (TPSA) is 60.2 Å². The summed E-state index contributed by atoms with van der Waals surface area (Å²) in [7, 11) is 0. The lowest BCUT2D eigenvalue weighted by atomic mass is 9.99. The molecule has 0 radical (unpaired) electrons. The third kappa shape index (κ3) is 11.4. The summed E-state index contributed by atoms with van der Waals surface area (Å²) in [5, 5.41) is 11.0. The second-order valence-corrected chi connectivity index (χ2v) is 5.99. The third-order valence-electron chi connectivity index (χ3n) is 3.98. The van der Waals surface area contributed by atoms with Crippen molar-refractivity contribution in [1.29, 1.82) is 0 Å². The van der Waals surface area contributed by atoms with Crippen LogP contribution in [0, 0.1) is 10.1 Å². The molecule has 0 saturated carbocycles. The Morgan fingerprint density at radius 3 is 1.86 bits per heavy atom. The largest absolute Gasteiger partial charge is 0.292 e. The first-order valence-corrected chi connectivity index (χ1v) is 8.79. The van der Waals surface area contributed by atoms with Crippen LogP contribution < -0.4 is 0 Å². The Labute approximate surface area is 129 Å². The molecule has 0 amide bonds. The number of hydrogen-bond acceptors (Lipinski definition) is 3. The molecule has 4 heteroatoms. The third-order valence-corrected chi connectivity index (χ3v) is 3.98. The molecule has 21 heavy (non-hydrogen) atoms. The Hall–Kier alpha value is -0.930. The Morgan fingerprint density at radius 2 is 1.33 bits per heavy atom. The monoisotopic (exact) mass is 299 g/mol. The van der Waals surface area contributed by atoms with Crippen LogP contribution in [-0.2, 0) is 4.79 Å². The first kappa shape index (κ1) is 20.1. The van der Waals surface area contributed by atoms with Crippen molar-refractivity contribution in [2.45, 2.75) is 103 Å². The van der Waals surface area contributed by atoms with Gasteiger partial charge in [-0.3, -0.25) is 14.9 Å². The average molecular weight is 299 g/mol. The molecule has 0 N–H and O–H groups in total. The number of nitrogens with zero attached hydrogens (tertiary/aromatic N) is 1. The summed E-state index contributed by atoms with van der Waals surface area (Å²) >= 11 is 0. The molecule has 0 rings (SSSR count). The molecule has 0 spiro atoms. The van der Waals surface area contributed by atoms with Gasteiger partial charge in [-0.2, -0.15) is 0 Å². The van der Waals surface area contributed by atoms with Gasteiger partial charge < -0.3 is 0 Å². The molecular formula is C17H33NO3. The van der Waals surface area contributed by atoms with Crippen LogP contribution in [0.3, 0.4) is 0 Å². The molecule has 0 aliphatic heterocycles. The molecule has 0 aromatic rings. The summed E-state index contributed by atoms with van der Waals surface area (Å²) in [5.41, 5.74) is 0. The van der Waals surface area contributed by atoms with Gasteiger partial charge in [-0.1, -0.05) is 71.6 Å². The highest BCUT2D eigenvalue weighted by Crippen LogP contribution is 2.13. The first-order valence-electron chi connectivity index (χ1n) is 8.79. The molecule has 124 valence electrons. The van der Waals surface area contributed by atoms with Gasteiger partial charge in [0.2, 0.25) is 5.78 Å². The van der Waals surface area contributed by atoms with E-state index in [-0.39, 0.29) is 10.7 Å². The second-order valence-electron chi connectivity index (χ2n) is 5.99. The van der Waals surface area contributed by atoms with Gasteiger partial charge in [0.1, 0.15) is 0 Å². The number of nitro groups is 1. The van der Waals surface area contributed by atoms with E-state index in [0.29, 0.717) is 12.8 Å². The second kappa shape index (κ2) is 14.0. The van der Waals surface area contributed by atoms with Crippen molar-refractivity contribution >= 4 is 5.78 Å². The van der Waals surface area contributed by atoms with Gasteiger partial charge in [-0.15, -0.1) is 0 Å². The van der Waals surface area contributed by atoms with Crippen molar-refractivity contribution in [3.8, 4) is 0 Å². The van der Waals surface area contributed by atoms with Gasteiger partial charge in [0.15, 0.2) is 0 Å². The summed E-state index contributed by atoms with van der Waals surface area (Å²) in [5.74, 6) is -0.162. The van der Waals surface area contributed by atoms with Crippen molar-refractivity contribution in [3.63, 3.8) is 0 Å². The van der Waals surface area contributed by atoms with E-state index in [4.69, 9.17) is 0 Å². The fourth-order valence-corrected chi connectivity index (χ4v) is 2.57. The molecule has 0 bridgehead atoms. The molecular weight excluding hydrogens is 266 g/mol. The van der Waals surface area contributed by atoms with Crippen LogP contribution in [0.5, 0.6) is 0 Å². The van der Waals surface area contributed by atoms with Crippen LogP contribution >= 0.6 is 0 Å². The molecule has 0 saturated heterocycles. The lowest BCUT2D eigenvalue weighted by Crippen LogP contribution is -2.29. The first-order chi connectivity index (χ1) is 10.1. The summed E-state index contributed by atoms with van der Waals surface area (Å²) in [6, 6.07) is -0.957. The van der Waals surface area contributed by atoms with E-state index in [1.165, 1.54) is 25.7 Å². The van der Waals surface area contributed by atoms with Crippen LogP contribution in [0.2, 0.25) is 0 Å². The fraction of sp³-hybridized carbons (Fsp3) is 0.941. The highest BCUT2D eigenvalue weighted by molar-refractivity contribution is 5.82. The Bertz CT molecular complexity index is 279. The number of hydrogen-bond donors (Lipinski definition) is 0. The smallest absolute Gasteiger partial charge is 0.270 e. The van der Waals surface area contributed by atoms with E-state index >= 15 is 0 Å². The Kier molecular flexibility index (Phi) is 13.4. The van der Waals surface area contributed by atoms with Crippen molar-refractivity contribution in [3.05, 3.63) is 10.1 Å². The van der Waals surface area contributed by atoms with Gasteiger partial charge in [-0.25, -0.2) is 0 Å². The van der Waals surface area contributed by atoms with E-state index in [2.05, 4.69) is 13.8 Å². The molecule has 1 unspecified atom stereocenters. The standard InChI is InChI=1S/C17H33NO3/c1-3-5-7-9-10-11-13-15-17(19)16(18(20)21)14-12-8-6-4-2/h16H,3-15H2,1-2H3. The summed E-state index contributed by atoms with van der Waals surface area (Å²) in [6.45, 7) is 4.30. The van der Waals surface area contributed by atoms with Crippen molar-refractivity contribution < 1.29 is 9.72 Å². The van der Waals surface area contributed by atoms with Gasteiger partial charge >= 0.3 is 0 Å². The predicted molar refractivity (Wildman–Crippen MR) is 87.2 cm³/mol. The van der Waals surface area contributed by atoms with Crippen LogP contribution in [0.25, 0.3) is 0 Å². The maximum atomic E-state index is 11.9. The Morgan fingerprint density at radius 1 is 0.857 bits per heavy atom. The number of unbranched alkanes of at least 4 members (excludes halogenated alkanes) is 9. The summed E-state index contributed by atoms with van der Waals surface area (Å²) < 4.78 is 0. The van der Waals surface area contributed by atoms with Crippen LogP contribution in [-0.4, -0.2) is 16.7 Å². The fourth-order valence-electron chi connectivity index (χ4n) is 2.57. The maximum absolute atomic E-state index is 11.9. The molecule has 1 atom stereocenters. The lowest BCUT2D eigenvalue weighted by molar-refractivity contribution is -0.508. The lowest BCUT2D eigenvalue weighted by Gasteiger charge is -2.08. The zero-order chi connectivity index (χ0) is 15.9. The number of Topliss-reactive ketones (excluding diaryl/α,β-unsaturated/α-hetero) is 1. The highest BCUT2D eigenvalue weighted by Gasteiger charge is 2.27. The van der Waals surface area contributed by atoms with Crippen molar-refractivity contribution in [1.82, 2.24) is 0 Å². The zero-order valence-corrected chi connectivity index (χ0v) is 13.9.